The van der Waals surface area contributed by atoms with Crippen LogP contribution in [0.4, 0.5) is 5.69 Å². The molecule has 8 heteroatoms. The summed E-state index contributed by atoms with van der Waals surface area (Å²) >= 11 is 3.40. The van der Waals surface area contributed by atoms with E-state index < -0.39 is 6.10 Å². The number of carbonyl (C=O) groups is 2. The maximum atomic E-state index is 13.5. The van der Waals surface area contributed by atoms with Gasteiger partial charge in [0.15, 0.2) is 11.5 Å². The van der Waals surface area contributed by atoms with Gasteiger partial charge in [0.25, 0.3) is 5.91 Å². The SMILES string of the molecule is O=C(NCCc1ccccc1)C1CN(C(=O)Cn2ccc(=O)c3cc(Br)ccc32)c2ccccc2O1. The molecule has 1 aliphatic heterocycles. The topological polar surface area (TPSA) is 80.6 Å². The summed E-state index contributed by atoms with van der Waals surface area (Å²) in [7, 11) is 0. The van der Waals surface area contributed by atoms with Gasteiger partial charge in [-0.25, -0.2) is 0 Å². The molecule has 7 nitrogen and oxygen atoms in total. The summed E-state index contributed by atoms with van der Waals surface area (Å²) in [4.78, 5) is 40.4. The third-order valence-electron chi connectivity index (χ3n) is 6.17. The van der Waals surface area contributed by atoms with Gasteiger partial charge in [0.05, 0.1) is 17.7 Å². The van der Waals surface area contributed by atoms with Gasteiger partial charge in [0.1, 0.15) is 12.3 Å². The summed E-state index contributed by atoms with van der Waals surface area (Å²) in [5.74, 6) is 0.00611. The molecule has 0 saturated carbocycles. The molecule has 1 atom stereocenters. The van der Waals surface area contributed by atoms with Crippen molar-refractivity contribution in [2.75, 3.05) is 18.0 Å². The Morgan fingerprint density at radius 3 is 2.61 bits per heavy atom. The Kier molecular flexibility index (Phi) is 6.86. The van der Waals surface area contributed by atoms with Crippen LogP contribution in [0.1, 0.15) is 5.56 Å². The van der Waals surface area contributed by atoms with Crippen LogP contribution in [0.2, 0.25) is 0 Å². The van der Waals surface area contributed by atoms with Crippen LogP contribution in [0.3, 0.4) is 0 Å². The average Bonchev–Trinajstić information content (AvgIpc) is 2.90. The van der Waals surface area contributed by atoms with Crippen LogP contribution in [0.5, 0.6) is 5.75 Å². The fourth-order valence-electron chi connectivity index (χ4n) is 4.35. The molecule has 0 saturated heterocycles. The minimum absolute atomic E-state index is 0.00902. The van der Waals surface area contributed by atoms with E-state index in [0.29, 0.717) is 35.3 Å². The molecular formula is C28H24BrN3O4. The van der Waals surface area contributed by atoms with Crippen molar-refractivity contribution < 1.29 is 14.3 Å². The molecule has 0 radical (unpaired) electrons. The van der Waals surface area contributed by atoms with Gasteiger partial charge >= 0.3 is 0 Å². The lowest BCUT2D eigenvalue weighted by molar-refractivity contribution is -0.128. The number of rotatable bonds is 6. The van der Waals surface area contributed by atoms with Crippen LogP contribution in [-0.4, -0.2) is 35.6 Å². The number of fused-ring (bicyclic) bond motifs is 2. The fraction of sp³-hybridized carbons (Fsp3) is 0.179. The van der Waals surface area contributed by atoms with Crippen molar-refractivity contribution in [1.29, 1.82) is 0 Å². The molecule has 0 fully saturated rings. The average molecular weight is 546 g/mol. The number of benzene rings is 3. The van der Waals surface area contributed by atoms with E-state index in [-0.39, 0.29) is 30.3 Å². The van der Waals surface area contributed by atoms with Gasteiger partial charge in [-0.1, -0.05) is 58.4 Å². The first-order valence-electron chi connectivity index (χ1n) is 11.7. The summed E-state index contributed by atoms with van der Waals surface area (Å²) in [6.07, 6.45) is 1.49. The van der Waals surface area contributed by atoms with E-state index in [1.165, 1.54) is 6.07 Å². The van der Waals surface area contributed by atoms with Gasteiger partial charge < -0.3 is 19.5 Å². The predicted molar refractivity (Wildman–Crippen MR) is 142 cm³/mol. The van der Waals surface area contributed by atoms with E-state index in [1.54, 1.807) is 33.9 Å². The van der Waals surface area contributed by atoms with Crippen molar-refractivity contribution in [1.82, 2.24) is 9.88 Å². The van der Waals surface area contributed by atoms with Crippen LogP contribution in [0, 0.1) is 0 Å². The van der Waals surface area contributed by atoms with Crippen LogP contribution in [-0.2, 0) is 22.6 Å². The molecule has 1 unspecified atom stereocenters. The summed E-state index contributed by atoms with van der Waals surface area (Å²) in [5.41, 5.74) is 2.29. The van der Waals surface area contributed by atoms with E-state index in [9.17, 15) is 14.4 Å². The molecule has 4 aromatic rings. The zero-order chi connectivity index (χ0) is 25.1. The third kappa shape index (κ3) is 5.04. The molecule has 3 aromatic carbocycles. The highest BCUT2D eigenvalue weighted by atomic mass is 79.9. The molecular weight excluding hydrogens is 522 g/mol. The number of anilines is 1. The molecule has 0 bridgehead atoms. The number of ether oxygens (including phenoxy) is 1. The fourth-order valence-corrected chi connectivity index (χ4v) is 4.71. The van der Waals surface area contributed by atoms with Crippen molar-refractivity contribution in [2.45, 2.75) is 19.1 Å². The minimum Gasteiger partial charge on any atom is -0.477 e. The molecule has 182 valence electrons. The number of carbonyl (C=O) groups excluding carboxylic acids is 2. The molecule has 2 heterocycles. The third-order valence-corrected chi connectivity index (χ3v) is 6.66. The van der Waals surface area contributed by atoms with E-state index >= 15 is 0 Å². The lowest BCUT2D eigenvalue weighted by Gasteiger charge is -2.34. The van der Waals surface area contributed by atoms with Crippen LogP contribution < -0.4 is 20.4 Å². The van der Waals surface area contributed by atoms with Crippen molar-refractivity contribution in [3.05, 3.63) is 105 Å². The Labute approximate surface area is 216 Å². The lowest BCUT2D eigenvalue weighted by Crippen LogP contribution is -2.51. The van der Waals surface area contributed by atoms with E-state index in [0.717, 1.165) is 10.0 Å². The number of halogens is 1. The molecule has 5 rings (SSSR count). The first-order valence-corrected chi connectivity index (χ1v) is 12.5. The van der Waals surface area contributed by atoms with Gasteiger partial charge in [-0.3, -0.25) is 14.4 Å². The summed E-state index contributed by atoms with van der Waals surface area (Å²) in [6.45, 7) is 0.572. The molecule has 1 aliphatic rings. The molecule has 1 N–H and O–H groups in total. The Hall–Kier alpha value is -3.91. The zero-order valence-electron chi connectivity index (χ0n) is 19.4. The van der Waals surface area contributed by atoms with Gasteiger partial charge in [-0.05, 0) is 42.3 Å². The second-order valence-corrected chi connectivity index (χ2v) is 9.49. The quantitative estimate of drug-likeness (QED) is 0.398. The van der Waals surface area contributed by atoms with Crippen LogP contribution >= 0.6 is 15.9 Å². The summed E-state index contributed by atoms with van der Waals surface area (Å²) < 4.78 is 8.51. The Bertz CT molecular complexity index is 1490. The lowest BCUT2D eigenvalue weighted by atomic mass is 10.1. The van der Waals surface area contributed by atoms with Gasteiger partial charge in [-0.2, -0.15) is 0 Å². The van der Waals surface area contributed by atoms with Crippen molar-refractivity contribution in [3.8, 4) is 5.75 Å². The smallest absolute Gasteiger partial charge is 0.262 e. The minimum atomic E-state index is -0.832. The number of nitrogens with one attached hydrogen (secondary N) is 1. The summed E-state index contributed by atoms with van der Waals surface area (Å²) in [6, 6.07) is 24.0. The maximum absolute atomic E-state index is 13.5. The van der Waals surface area contributed by atoms with Gasteiger partial charge in [-0.15, -0.1) is 0 Å². The number of aromatic nitrogens is 1. The second-order valence-electron chi connectivity index (χ2n) is 8.57. The van der Waals surface area contributed by atoms with E-state index in [4.69, 9.17) is 4.74 Å². The normalized spacial score (nSPS) is 14.7. The highest BCUT2D eigenvalue weighted by Crippen LogP contribution is 2.33. The van der Waals surface area contributed by atoms with Crippen molar-refractivity contribution in [3.63, 3.8) is 0 Å². The highest BCUT2D eigenvalue weighted by molar-refractivity contribution is 9.10. The zero-order valence-corrected chi connectivity index (χ0v) is 21.0. The van der Waals surface area contributed by atoms with Gasteiger partial charge in [0.2, 0.25) is 5.91 Å². The monoisotopic (exact) mass is 545 g/mol. The predicted octanol–water partition coefficient (Wildman–Crippen LogP) is 3.92. The van der Waals surface area contributed by atoms with Crippen LogP contribution in [0.25, 0.3) is 10.9 Å². The maximum Gasteiger partial charge on any atom is 0.262 e. The van der Waals surface area contributed by atoms with E-state index in [1.807, 2.05) is 54.6 Å². The number of hydrogen-bond donors (Lipinski definition) is 1. The number of hydrogen-bond acceptors (Lipinski definition) is 4. The van der Waals surface area contributed by atoms with Crippen molar-refractivity contribution >= 4 is 44.3 Å². The summed E-state index contributed by atoms with van der Waals surface area (Å²) in [5, 5.41) is 3.46. The second kappa shape index (κ2) is 10.4. The number of amides is 2. The Balaban J connectivity index is 1.34. The Morgan fingerprint density at radius 2 is 1.78 bits per heavy atom. The van der Waals surface area contributed by atoms with Crippen LogP contribution in [0.15, 0.2) is 94.3 Å². The standard InChI is InChI=1S/C28H24BrN3O4/c29-20-10-11-22-21(16-20)24(33)13-15-31(22)18-27(34)32-17-26(36-25-9-5-4-8-23(25)32)28(35)30-14-12-19-6-2-1-3-7-19/h1-11,13,15-16,26H,12,14,17-18H2,(H,30,35). The van der Waals surface area contributed by atoms with E-state index in [2.05, 4.69) is 21.2 Å². The highest BCUT2D eigenvalue weighted by Gasteiger charge is 2.33. The molecule has 1 aromatic heterocycles. The molecule has 2 amide bonds. The first-order chi connectivity index (χ1) is 17.5. The number of pyridine rings is 1. The van der Waals surface area contributed by atoms with Crippen molar-refractivity contribution in [2.24, 2.45) is 0 Å². The molecule has 0 spiro atoms. The Morgan fingerprint density at radius 1 is 1.00 bits per heavy atom. The number of para-hydroxylation sites is 2. The molecule has 36 heavy (non-hydrogen) atoms. The molecule has 0 aliphatic carbocycles. The largest absolute Gasteiger partial charge is 0.477 e. The van der Waals surface area contributed by atoms with Gasteiger partial charge in [0, 0.05) is 28.7 Å². The number of nitrogens with zero attached hydrogens (tertiary/aromatic N) is 2. The first kappa shape index (κ1) is 23.8.